The van der Waals surface area contributed by atoms with Crippen molar-refractivity contribution in [2.45, 2.75) is 6.04 Å². The van der Waals surface area contributed by atoms with E-state index in [0.717, 1.165) is 23.1 Å². The predicted octanol–water partition coefficient (Wildman–Crippen LogP) is -0.443. The average molecular weight is 282 g/mol. The highest BCUT2D eigenvalue weighted by atomic mass is 19.1. The van der Waals surface area contributed by atoms with Crippen molar-refractivity contribution in [2.24, 2.45) is 0 Å². The first-order valence-corrected chi connectivity index (χ1v) is 5.69. The van der Waals surface area contributed by atoms with Crippen molar-refractivity contribution >= 4 is 17.8 Å². The Kier molecular flexibility index (Phi) is 3.55. The van der Waals surface area contributed by atoms with Gasteiger partial charge in [0.05, 0.1) is 5.56 Å². The number of nitrogens with one attached hydrogen (secondary N) is 1. The largest absolute Gasteiger partial charge is 0.508 e. The van der Waals surface area contributed by atoms with Gasteiger partial charge < -0.3 is 20.4 Å². The Balaban J connectivity index is 2.33. The standard InChI is InChI=1S/C12H11FN2O5/c13-8-3-6(16)1-2-7(8)11(18)15-5-10(17)14-4-9(15)12(19)20/h1-3,9,16H,4-5H2,(H,14,17)(H,19,20). The van der Waals surface area contributed by atoms with Gasteiger partial charge in [-0.25, -0.2) is 9.18 Å². The summed E-state index contributed by atoms with van der Waals surface area (Å²) in [5.74, 6) is -4.06. The minimum Gasteiger partial charge on any atom is -0.508 e. The zero-order valence-electron chi connectivity index (χ0n) is 10.2. The predicted molar refractivity (Wildman–Crippen MR) is 63.5 cm³/mol. The molecular formula is C12H11FN2O5. The first kappa shape index (κ1) is 13.8. The van der Waals surface area contributed by atoms with Gasteiger partial charge in [0, 0.05) is 12.6 Å². The molecule has 1 fully saturated rings. The number of carboxylic acids is 1. The van der Waals surface area contributed by atoms with Crippen molar-refractivity contribution < 1.29 is 29.0 Å². The van der Waals surface area contributed by atoms with E-state index in [-0.39, 0.29) is 12.3 Å². The molecule has 1 saturated heterocycles. The van der Waals surface area contributed by atoms with E-state index in [9.17, 15) is 18.8 Å². The SMILES string of the molecule is O=C1CN(C(=O)c2ccc(O)cc2F)C(C(=O)O)CN1. The molecule has 0 radical (unpaired) electrons. The van der Waals surface area contributed by atoms with Crippen molar-refractivity contribution in [1.29, 1.82) is 0 Å². The number of rotatable bonds is 2. The summed E-state index contributed by atoms with van der Waals surface area (Å²) in [6.07, 6.45) is 0. The summed E-state index contributed by atoms with van der Waals surface area (Å²) in [5, 5.41) is 20.4. The molecule has 20 heavy (non-hydrogen) atoms. The molecule has 1 heterocycles. The highest BCUT2D eigenvalue weighted by Crippen LogP contribution is 2.18. The van der Waals surface area contributed by atoms with Crippen LogP contribution < -0.4 is 5.32 Å². The quantitative estimate of drug-likeness (QED) is 0.681. The van der Waals surface area contributed by atoms with Crippen LogP contribution in [0.5, 0.6) is 5.75 Å². The van der Waals surface area contributed by atoms with Crippen LogP contribution in [-0.2, 0) is 9.59 Å². The number of carbonyl (C=O) groups excluding carboxylic acids is 2. The van der Waals surface area contributed by atoms with Crippen molar-refractivity contribution in [3.8, 4) is 5.75 Å². The molecule has 1 unspecified atom stereocenters. The zero-order valence-corrected chi connectivity index (χ0v) is 10.2. The molecule has 1 aromatic carbocycles. The number of halogens is 1. The Morgan fingerprint density at radius 2 is 2.10 bits per heavy atom. The molecule has 0 aliphatic carbocycles. The Bertz CT molecular complexity index is 589. The Labute approximate surface area is 112 Å². The molecule has 1 aliphatic rings. The van der Waals surface area contributed by atoms with Gasteiger partial charge in [-0.3, -0.25) is 9.59 Å². The lowest BCUT2D eigenvalue weighted by molar-refractivity contribution is -0.144. The maximum absolute atomic E-state index is 13.6. The average Bonchev–Trinajstić information content (AvgIpc) is 2.37. The number of hydrogen-bond donors (Lipinski definition) is 3. The van der Waals surface area contributed by atoms with E-state index in [4.69, 9.17) is 10.2 Å². The highest BCUT2D eigenvalue weighted by Gasteiger charge is 2.36. The summed E-state index contributed by atoms with van der Waals surface area (Å²) in [4.78, 5) is 35.3. The molecule has 0 spiro atoms. The molecular weight excluding hydrogens is 271 g/mol. The maximum atomic E-state index is 13.6. The Morgan fingerprint density at radius 3 is 2.70 bits per heavy atom. The lowest BCUT2D eigenvalue weighted by Gasteiger charge is -2.32. The first-order valence-electron chi connectivity index (χ1n) is 5.69. The molecule has 106 valence electrons. The summed E-state index contributed by atoms with van der Waals surface area (Å²) in [7, 11) is 0. The maximum Gasteiger partial charge on any atom is 0.328 e. The summed E-state index contributed by atoms with van der Waals surface area (Å²) in [6.45, 7) is -0.699. The minimum absolute atomic E-state index is 0.236. The number of amides is 2. The number of nitrogens with zero attached hydrogens (tertiary/aromatic N) is 1. The molecule has 8 heteroatoms. The number of hydrogen-bond acceptors (Lipinski definition) is 4. The summed E-state index contributed by atoms with van der Waals surface area (Å²) < 4.78 is 13.6. The fraction of sp³-hybridized carbons (Fsp3) is 0.250. The van der Waals surface area contributed by atoms with E-state index in [1.807, 2.05) is 0 Å². The minimum atomic E-state index is -1.29. The van der Waals surface area contributed by atoms with E-state index < -0.39 is 41.8 Å². The molecule has 1 aromatic rings. The van der Waals surface area contributed by atoms with Gasteiger partial charge in [-0.1, -0.05) is 0 Å². The van der Waals surface area contributed by atoms with Crippen LogP contribution in [0.25, 0.3) is 0 Å². The normalized spacial score (nSPS) is 18.6. The van der Waals surface area contributed by atoms with Gasteiger partial charge in [-0.05, 0) is 12.1 Å². The third kappa shape index (κ3) is 2.53. The molecule has 0 aromatic heterocycles. The lowest BCUT2D eigenvalue weighted by atomic mass is 10.1. The van der Waals surface area contributed by atoms with Gasteiger partial charge in [0.2, 0.25) is 5.91 Å². The van der Waals surface area contributed by atoms with E-state index >= 15 is 0 Å². The molecule has 0 bridgehead atoms. The zero-order chi connectivity index (χ0) is 14.9. The Hall–Kier alpha value is -2.64. The van der Waals surface area contributed by atoms with Gasteiger partial charge in [0.25, 0.3) is 5.91 Å². The second-order valence-electron chi connectivity index (χ2n) is 4.26. The second-order valence-corrected chi connectivity index (χ2v) is 4.26. The van der Waals surface area contributed by atoms with Crippen molar-refractivity contribution in [1.82, 2.24) is 10.2 Å². The van der Waals surface area contributed by atoms with Gasteiger partial charge >= 0.3 is 5.97 Å². The number of phenols is 1. The van der Waals surface area contributed by atoms with E-state index in [1.165, 1.54) is 0 Å². The van der Waals surface area contributed by atoms with E-state index in [1.54, 1.807) is 0 Å². The number of carbonyl (C=O) groups is 3. The Morgan fingerprint density at radius 1 is 1.40 bits per heavy atom. The van der Waals surface area contributed by atoms with Crippen molar-refractivity contribution in [2.75, 3.05) is 13.1 Å². The summed E-state index contributed by atoms with van der Waals surface area (Å²) >= 11 is 0. The molecule has 1 atom stereocenters. The summed E-state index contributed by atoms with van der Waals surface area (Å²) in [5.41, 5.74) is -0.399. The third-order valence-corrected chi connectivity index (χ3v) is 2.91. The van der Waals surface area contributed by atoms with Crippen LogP contribution in [0.1, 0.15) is 10.4 Å². The molecule has 0 saturated carbocycles. The van der Waals surface area contributed by atoms with Crippen LogP contribution >= 0.6 is 0 Å². The molecule has 3 N–H and O–H groups in total. The first-order chi connectivity index (χ1) is 9.40. The van der Waals surface area contributed by atoms with Gasteiger partial charge in [-0.2, -0.15) is 0 Å². The van der Waals surface area contributed by atoms with Crippen LogP contribution in [0.15, 0.2) is 18.2 Å². The molecule has 2 amide bonds. The van der Waals surface area contributed by atoms with Crippen LogP contribution in [0.2, 0.25) is 0 Å². The van der Waals surface area contributed by atoms with Gasteiger partial charge in [-0.15, -0.1) is 0 Å². The highest BCUT2D eigenvalue weighted by molar-refractivity contribution is 6.00. The lowest BCUT2D eigenvalue weighted by Crippen LogP contribution is -2.59. The number of benzene rings is 1. The van der Waals surface area contributed by atoms with Crippen LogP contribution in [-0.4, -0.2) is 52.0 Å². The fourth-order valence-electron chi connectivity index (χ4n) is 1.91. The number of aromatic hydroxyl groups is 1. The van der Waals surface area contributed by atoms with E-state index in [0.29, 0.717) is 0 Å². The fourth-order valence-corrected chi connectivity index (χ4v) is 1.91. The van der Waals surface area contributed by atoms with Gasteiger partial charge in [0.15, 0.2) is 0 Å². The molecule has 1 aliphatic heterocycles. The number of phenolic OH excluding ortho intramolecular Hbond substituents is 1. The smallest absolute Gasteiger partial charge is 0.328 e. The summed E-state index contributed by atoms with van der Waals surface area (Å²) in [6, 6.07) is 1.63. The molecule has 2 rings (SSSR count). The number of aliphatic carboxylic acids is 1. The van der Waals surface area contributed by atoms with Gasteiger partial charge in [0.1, 0.15) is 24.2 Å². The van der Waals surface area contributed by atoms with Crippen molar-refractivity contribution in [3.05, 3.63) is 29.6 Å². The van der Waals surface area contributed by atoms with Crippen LogP contribution in [0.4, 0.5) is 4.39 Å². The van der Waals surface area contributed by atoms with Crippen LogP contribution in [0.3, 0.4) is 0 Å². The number of carboxylic acid groups (broad SMARTS) is 1. The van der Waals surface area contributed by atoms with E-state index in [2.05, 4.69) is 5.32 Å². The number of piperazine rings is 1. The molecule has 7 nitrogen and oxygen atoms in total. The third-order valence-electron chi connectivity index (χ3n) is 2.91. The van der Waals surface area contributed by atoms with Crippen molar-refractivity contribution in [3.63, 3.8) is 0 Å². The monoisotopic (exact) mass is 282 g/mol. The topological polar surface area (TPSA) is 107 Å². The second kappa shape index (κ2) is 5.16. The van der Waals surface area contributed by atoms with Crippen LogP contribution in [0, 0.1) is 5.82 Å².